The van der Waals surface area contributed by atoms with E-state index >= 15 is 0 Å². The largest absolute Gasteiger partial charge is 0.491 e. The van der Waals surface area contributed by atoms with Gasteiger partial charge in [0.15, 0.2) is 5.78 Å². The van der Waals surface area contributed by atoms with E-state index < -0.39 is 30.2 Å². The molecule has 2 aliphatic carbocycles. The van der Waals surface area contributed by atoms with Gasteiger partial charge < -0.3 is 25.2 Å². The number of ketones is 1. The van der Waals surface area contributed by atoms with Crippen LogP contribution in [0.2, 0.25) is 0 Å². The smallest absolute Gasteiger partial charge is 0.335 e. The normalized spacial score (nSPS) is 18.2. The molecule has 162 valence electrons. The zero-order chi connectivity index (χ0) is 22.5. The molecule has 0 fully saturated rings. The van der Waals surface area contributed by atoms with Crippen molar-refractivity contribution in [3.05, 3.63) is 69.8 Å². The highest BCUT2D eigenvalue weighted by Gasteiger charge is 2.43. The van der Waals surface area contributed by atoms with Gasteiger partial charge in [-0.1, -0.05) is 19.9 Å². The third kappa shape index (κ3) is 3.44. The number of aliphatic hydroxyl groups excluding tert-OH is 3. The van der Waals surface area contributed by atoms with Crippen molar-refractivity contribution in [1.82, 2.24) is 0 Å². The number of rotatable bonds is 6. The number of carbonyl (C=O) groups excluding carboxylic acids is 1. The monoisotopic (exact) mass is 424 g/mol. The standard InChI is InChI=1S/C24H24O7/c1-24(2)17-9-14(31-11-20(27)19(26)10-25)4-6-16(17)22(28)21-15-5-3-12(23(29)30)7-13(15)8-18(21)24/h3-7,9,19-20,25-27H,8,10-11H2,1-2H3,(H,29,30)/t19-,20-/m1/s1. The van der Waals surface area contributed by atoms with Crippen LogP contribution in [0.15, 0.2) is 42.0 Å². The number of hydrogen-bond acceptors (Lipinski definition) is 6. The molecule has 0 saturated heterocycles. The molecule has 2 aromatic carbocycles. The lowest BCUT2D eigenvalue weighted by Gasteiger charge is -2.34. The van der Waals surface area contributed by atoms with Crippen LogP contribution in [0.4, 0.5) is 0 Å². The molecule has 0 spiro atoms. The summed E-state index contributed by atoms with van der Waals surface area (Å²) in [5.41, 5.74) is 4.24. The third-order valence-corrected chi connectivity index (χ3v) is 6.23. The van der Waals surface area contributed by atoms with Crippen molar-refractivity contribution in [2.75, 3.05) is 13.2 Å². The first-order valence-corrected chi connectivity index (χ1v) is 10.0. The van der Waals surface area contributed by atoms with E-state index in [-0.39, 0.29) is 18.0 Å². The third-order valence-electron chi connectivity index (χ3n) is 6.23. The summed E-state index contributed by atoms with van der Waals surface area (Å²) in [7, 11) is 0. The Morgan fingerprint density at radius 1 is 1.10 bits per heavy atom. The number of aromatic carboxylic acids is 1. The average Bonchev–Trinajstić information content (AvgIpc) is 3.15. The molecule has 0 amide bonds. The Kier molecular flexibility index (Phi) is 5.21. The van der Waals surface area contributed by atoms with Gasteiger partial charge >= 0.3 is 5.97 Å². The van der Waals surface area contributed by atoms with Gasteiger partial charge in [-0.05, 0) is 59.0 Å². The molecular weight excluding hydrogens is 400 g/mol. The van der Waals surface area contributed by atoms with Crippen molar-refractivity contribution < 1.29 is 34.8 Å². The summed E-state index contributed by atoms with van der Waals surface area (Å²) in [4.78, 5) is 24.7. The number of ether oxygens (including phenoxy) is 1. The Morgan fingerprint density at radius 2 is 1.81 bits per heavy atom. The zero-order valence-corrected chi connectivity index (χ0v) is 17.3. The second-order valence-corrected chi connectivity index (χ2v) is 8.50. The number of aliphatic hydroxyl groups is 3. The quantitative estimate of drug-likeness (QED) is 0.559. The summed E-state index contributed by atoms with van der Waals surface area (Å²) >= 11 is 0. The number of benzene rings is 2. The van der Waals surface area contributed by atoms with Gasteiger partial charge in [0.25, 0.3) is 0 Å². The minimum absolute atomic E-state index is 0.103. The minimum atomic E-state index is -1.30. The Labute approximate surface area is 179 Å². The summed E-state index contributed by atoms with van der Waals surface area (Å²) < 4.78 is 5.59. The molecule has 7 nitrogen and oxygen atoms in total. The molecular formula is C24H24O7. The highest BCUT2D eigenvalue weighted by molar-refractivity contribution is 6.33. The van der Waals surface area contributed by atoms with Gasteiger partial charge in [0.05, 0.1) is 12.2 Å². The van der Waals surface area contributed by atoms with Gasteiger partial charge in [-0.25, -0.2) is 4.79 Å². The zero-order valence-electron chi connectivity index (χ0n) is 17.3. The predicted octanol–water partition coefficient (Wildman–Crippen LogP) is 1.96. The summed E-state index contributed by atoms with van der Waals surface area (Å²) in [6.45, 7) is 3.26. The highest BCUT2D eigenvalue weighted by atomic mass is 16.5. The molecule has 4 N–H and O–H groups in total. The van der Waals surface area contributed by atoms with E-state index in [2.05, 4.69) is 0 Å². The fourth-order valence-corrected chi connectivity index (χ4v) is 4.39. The summed E-state index contributed by atoms with van der Waals surface area (Å²) in [5, 5.41) is 37.5. The second kappa shape index (κ2) is 7.60. The maximum Gasteiger partial charge on any atom is 0.335 e. The summed E-state index contributed by atoms with van der Waals surface area (Å²) in [6, 6.07) is 9.96. The van der Waals surface area contributed by atoms with Crippen LogP contribution in [0.3, 0.4) is 0 Å². The van der Waals surface area contributed by atoms with Gasteiger partial charge in [-0.3, -0.25) is 4.79 Å². The van der Waals surface area contributed by atoms with Gasteiger partial charge in [-0.2, -0.15) is 0 Å². The molecule has 0 bridgehead atoms. The Bertz CT molecular complexity index is 1110. The molecule has 7 heteroatoms. The van der Waals surface area contributed by atoms with Gasteiger partial charge in [0.1, 0.15) is 24.6 Å². The first-order chi connectivity index (χ1) is 14.6. The summed E-state index contributed by atoms with van der Waals surface area (Å²) in [5.74, 6) is -0.665. The lowest BCUT2D eigenvalue weighted by atomic mass is 9.68. The van der Waals surface area contributed by atoms with Crippen LogP contribution in [-0.4, -0.2) is 57.6 Å². The predicted molar refractivity (Wildman–Crippen MR) is 112 cm³/mol. The Balaban J connectivity index is 1.68. The van der Waals surface area contributed by atoms with Crippen LogP contribution in [0.5, 0.6) is 5.75 Å². The number of Topliss-reactive ketones (excluding diaryl/α,β-unsaturated/α-hetero) is 1. The van der Waals surface area contributed by atoms with E-state index in [0.29, 0.717) is 23.3 Å². The van der Waals surface area contributed by atoms with E-state index in [1.165, 1.54) is 6.07 Å². The molecule has 0 saturated carbocycles. The van der Waals surface area contributed by atoms with Crippen LogP contribution in [-0.2, 0) is 11.8 Å². The topological polar surface area (TPSA) is 124 Å². The van der Waals surface area contributed by atoms with Crippen molar-refractivity contribution in [3.8, 4) is 5.75 Å². The van der Waals surface area contributed by atoms with Crippen LogP contribution in [0, 0.1) is 0 Å². The average molecular weight is 424 g/mol. The van der Waals surface area contributed by atoms with E-state index in [1.807, 2.05) is 13.8 Å². The molecule has 0 aromatic heterocycles. The number of hydrogen-bond donors (Lipinski definition) is 4. The number of fused-ring (bicyclic) bond motifs is 3. The van der Waals surface area contributed by atoms with Crippen LogP contribution in [0.25, 0.3) is 5.57 Å². The Hall–Kier alpha value is -3.00. The van der Waals surface area contributed by atoms with Crippen molar-refractivity contribution in [2.45, 2.75) is 37.9 Å². The Morgan fingerprint density at radius 3 is 2.48 bits per heavy atom. The number of carboxylic acid groups (broad SMARTS) is 1. The maximum atomic E-state index is 13.4. The lowest BCUT2D eigenvalue weighted by Crippen LogP contribution is -2.34. The minimum Gasteiger partial charge on any atom is -0.491 e. The fraction of sp³-hybridized carbons (Fsp3) is 0.333. The van der Waals surface area contributed by atoms with Crippen molar-refractivity contribution in [2.24, 2.45) is 0 Å². The molecule has 0 aliphatic heterocycles. The lowest BCUT2D eigenvalue weighted by molar-refractivity contribution is -0.0339. The van der Waals surface area contributed by atoms with E-state index in [1.54, 1.807) is 30.3 Å². The van der Waals surface area contributed by atoms with Gasteiger partial charge in [0.2, 0.25) is 0 Å². The maximum absolute atomic E-state index is 13.4. The van der Waals surface area contributed by atoms with Crippen molar-refractivity contribution >= 4 is 17.3 Å². The molecule has 0 unspecified atom stereocenters. The summed E-state index contributed by atoms with van der Waals surface area (Å²) in [6.07, 6.45) is -2.04. The van der Waals surface area contributed by atoms with E-state index in [0.717, 1.165) is 22.3 Å². The van der Waals surface area contributed by atoms with Gasteiger partial charge in [0, 0.05) is 16.6 Å². The van der Waals surface area contributed by atoms with Crippen LogP contribution < -0.4 is 4.74 Å². The molecule has 0 radical (unpaired) electrons. The van der Waals surface area contributed by atoms with Crippen LogP contribution >= 0.6 is 0 Å². The first kappa shape index (κ1) is 21.2. The molecule has 2 atom stereocenters. The number of allylic oxidation sites excluding steroid dienone is 2. The molecule has 31 heavy (non-hydrogen) atoms. The molecule has 4 rings (SSSR count). The fourth-order valence-electron chi connectivity index (χ4n) is 4.39. The molecule has 2 aliphatic rings. The first-order valence-electron chi connectivity index (χ1n) is 10.0. The van der Waals surface area contributed by atoms with Crippen LogP contribution in [0.1, 0.15) is 51.3 Å². The second-order valence-electron chi connectivity index (χ2n) is 8.50. The molecule has 0 heterocycles. The number of carboxylic acids is 1. The van der Waals surface area contributed by atoms with Crippen molar-refractivity contribution in [3.63, 3.8) is 0 Å². The van der Waals surface area contributed by atoms with E-state index in [9.17, 15) is 24.9 Å². The highest BCUT2D eigenvalue weighted by Crippen LogP contribution is 2.50. The molecule has 2 aromatic rings. The SMILES string of the molecule is CC1(C)C2=C(C(=O)c3ccc(OC[C@@H](O)[C@H](O)CO)cc31)c1ccc(C(=O)O)cc1C2. The van der Waals surface area contributed by atoms with Crippen molar-refractivity contribution in [1.29, 1.82) is 0 Å². The van der Waals surface area contributed by atoms with E-state index in [4.69, 9.17) is 9.84 Å². The van der Waals surface area contributed by atoms with Gasteiger partial charge in [-0.15, -0.1) is 0 Å². The number of carbonyl (C=O) groups is 2.